The van der Waals surface area contributed by atoms with E-state index in [4.69, 9.17) is 0 Å². The van der Waals surface area contributed by atoms with Crippen molar-refractivity contribution in [2.75, 3.05) is 0 Å². The van der Waals surface area contributed by atoms with Gasteiger partial charge in [0.15, 0.2) is 9.84 Å². The van der Waals surface area contributed by atoms with Crippen LogP contribution in [0.4, 0.5) is 0 Å². The first-order valence-electron chi connectivity index (χ1n) is 8.09. The Hall–Kier alpha value is -1.13. The van der Waals surface area contributed by atoms with Crippen LogP contribution in [-0.2, 0) is 14.2 Å². The van der Waals surface area contributed by atoms with Gasteiger partial charge >= 0.3 is 0 Å². The smallest absolute Gasteiger partial charge is 0.181 e. The molecule has 2 aromatic rings. The van der Waals surface area contributed by atoms with Gasteiger partial charge in [0.2, 0.25) is 0 Å². The van der Waals surface area contributed by atoms with Crippen molar-refractivity contribution in [3.05, 3.63) is 66.2 Å². The summed E-state index contributed by atoms with van der Waals surface area (Å²) in [6.07, 6.45) is 3.05. The van der Waals surface area contributed by atoms with E-state index in [2.05, 4.69) is 28.1 Å². The van der Waals surface area contributed by atoms with Gasteiger partial charge in [-0.05, 0) is 42.4 Å². The zero-order valence-corrected chi connectivity index (χ0v) is 15.1. The Morgan fingerprint density at radius 2 is 1.39 bits per heavy atom. The fraction of sp³-hybridized carbons (Fsp3) is 0.368. The summed E-state index contributed by atoms with van der Waals surface area (Å²) in [7, 11) is -3.27. The maximum absolute atomic E-state index is 13.1. The van der Waals surface area contributed by atoms with Gasteiger partial charge < -0.3 is 0 Å². The molecule has 0 aromatic heterocycles. The van der Waals surface area contributed by atoms with Crippen LogP contribution in [0.25, 0.3) is 0 Å². The maximum atomic E-state index is 13.1. The average Bonchev–Trinajstić information content (AvgIpc) is 2.62. The minimum atomic E-state index is -3.27. The van der Waals surface area contributed by atoms with E-state index in [1.165, 1.54) is 5.56 Å². The zero-order chi connectivity index (χ0) is 16.1. The highest BCUT2D eigenvalue weighted by atomic mass is 79.9. The normalized spacial score (nSPS) is 33.0. The van der Waals surface area contributed by atoms with Gasteiger partial charge in [0, 0.05) is 0 Å². The molecule has 2 unspecified atom stereocenters. The van der Waals surface area contributed by atoms with E-state index in [9.17, 15) is 8.42 Å². The van der Waals surface area contributed by atoms with Crippen molar-refractivity contribution in [3.8, 4) is 0 Å². The molecule has 4 heteroatoms. The third-order valence-electron chi connectivity index (χ3n) is 5.55. The van der Waals surface area contributed by atoms with Crippen LogP contribution in [0, 0.1) is 11.8 Å². The van der Waals surface area contributed by atoms with Crippen molar-refractivity contribution in [2.45, 2.75) is 33.7 Å². The Balaban J connectivity index is 1.74. The molecule has 4 rings (SSSR count). The monoisotopic (exact) mass is 390 g/mol. The summed E-state index contributed by atoms with van der Waals surface area (Å²) in [5.41, 5.74) is 1.22. The summed E-state index contributed by atoms with van der Waals surface area (Å²) < 4.78 is 26.1. The quantitative estimate of drug-likeness (QED) is 0.720. The van der Waals surface area contributed by atoms with Crippen LogP contribution >= 0.6 is 15.9 Å². The molecule has 23 heavy (non-hydrogen) atoms. The van der Waals surface area contributed by atoms with Crippen LogP contribution < -0.4 is 0 Å². The lowest BCUT2D eigenvalue weighted by Crippen LogP contribution is -2.64. The Labute approximate surface area is 146 Å². The van der Waals surface area contributed by atoms with Crippen molar-refractivity contribution in [1.82, 2.24) is 0 Å². The van der Waals surface area contributed by atoms with Crippen molar-refractivity contribution < 1.29 is 8.42 Å². The van der Waals surface area contributed by atoms with Gasteiger partial charge in [-0.25, -0.2) is 8.42 Å². The van der Waals surface area contributed by atoms with E-state index < -0.39 is 9.84 Å². The molecule has 0 N–H and O–H groups in total. The molecule has 2 nitrogen and oxygen atoms in total. The molecule has 0 spiro atoms. The lowest BCUT2D eigenvalue weighted by Gasteiger charge is -2.61. The minimum Gasteiger partial charge on any atom is -0.223 e. The van der Waals surface area contributed by atoms with E-state index in [1.54, 1.807) is 24.3 Å². The first-order chi connectivity index (χ1) is 11.1. The fourth-order valence-corrected chi connectivity index (χ4v) is 8.60. The van der Waals surface area contributed by atoms with Gasteiger partial charge in [0.25, 0.3) is 0 Å². The Kier molecular flexibility index (Phi) is 3.65. The molecule has 2 aromatic carbocycles. The second-order valence-corrected chi connectivity index (χ2v) is 10.0. The first kappa shape index (κ1) is 15.4. The molecule has 0 saturated heterocycles. The number of sulfone groups is 1. The number of hydrogen-bond donors (Lipinski definition) is 0. The number of benzene rings is 2. The summed E-state index contributed by atoms with van der Waals surface area (Å²) in [4.78, 5) is 0.463. The number of fused-ring (bicyclic) bond motifs is 2. The van der Waals surface area contributed by atoms with E-state index in [0.717, 1.165) is 19.3 Å². The molecule has 4 atom stereocenters. The van der Waals surface area contributed by atoms with E-state index in [-0.39, 0.29) is 21.4 Å². The van der Waals surface area contributed by atoms with Gasteiger partial charge in [-0.3, -0.25) is 0 Å². The largest absolute Gasteiger partial charge is 0.223 e. The van der Waals surface area contributed by atoms with Crippen molar-refractivity contribution >= 4 is 25.8 Å². The second-order valence-electron chi connectivity index (χ2n) is 6.60. The number of hydrogen-bond acceptors (Lipinski definition) is 2. The Morgan fingerprint density at radius 1 is 0.870 bits per heavy atom. The molecule has 0 aliphatic heterocycles. The van der Waals surface area contributed by atoms with Crippen molar-refractivity contribution in [3.63, 3.8) is 0 Å². The summed E-state index contributed by atoms with van der Waals surface area (Å²) in [5, 5.41) is -0.266. The van der Waals surface area contributed by atoms with Crippen LogP contribution in [0.5, 0.6) is 0 Å². The molecular weight excluding hydrogens is 372 g/mol. The van der Waals surface area contributed by atoms with E-state index >= 15 is 0 Å². The third kappa shape index (κ3) is 2.14. The third-order valence-corrected chi connectivity index (χ3v) is 9.49. The highest BCUT2D eigenvalue weighted by Crippen LogP contribution is 2.66. The zero-order valence-electron chi connectivity index (χ0n) is 12.7. The number of rotatable bonds is 3. The maximum Gasteiger partial charge on any atom is 0.181 e. The summed E-state index contributed by atoms with van der Waals surface area (Å²) in [5.74, 6) is 0.294. The SMILES string of the molecule is O=S(=O)(c1ccccc1)C1[C@H]2CCC[C@@H]1C2(Br)c1ccccc1. The lowest BCUT2D eigenvalue weighted by molar-refractivity contribution is 0.0564. The average molecular weight is 391 g/mol. The van der Waals surface area contributed by atoms with Gasteiger partial charge in [-0.2, -0.15) is 0 Å². The molecule has 0 radical (unpaired) electrons. The summed E-state index contributed by atoms with van der Waals surface area (Å²) in [6.45, 7) is 0. The van der Waals surface area contributed by atoms with Crippen molar-refractivity contribution in [2.24, 2.45) is 11.8 Å². The lowest BCUT2D eigenvalue weighted by atomic mass is 9.54. The van der Waals surface area contributed by atoms with Crippen LogP contribution in [0.2, 0.25) is 0 Å². The molecule has 120 valence electrons. The Morgan fingerprint density at radius 3 is 1.96 bits per heavy atom. The van der Waals surface area contributed by atoms with Crippen LogP contribution in [0.1, 0.15) is 24.8 Å². The summed E-state index contributed by atoms with van der Waals surface area (Å²) >= 11 is 3.96. The fourth-order valence-electron chi connectivity index (χ4n) is 4.54. The molecule has 2 fully saturated rings. The second kappa shape index (κ2) is 5.45. The van der Waals surface area contributed by atoms with Gasteiger partial charge in [-0.1, -0.05) is 70.9 Å². The van der Waals surface area contributed by atoms with Gasteiger partial charge in [0.05, 0.1) is 14.5 Å². The first-order valence-corrected chi connectivity index (χ1v) is 10.4. The molecule has 2 aliphatic rings. The Bertz CT molecular complexity index is 790. The molecule has 0 heterocycles. The van der Waals surface area contributed by atoms with E-state index in [1.807, 2.05) is 24.3 Å². The highest BCUT2D eigenvalue weighted by molar-refractivity contribution is 9.09. The molecule has 2 aliphatic carbocycles. The van der Waals surface area contributed by atoms with Gasteiger partial charge in [0.1, 0.15) is 0 Å². The van der Waals surface area contributed by atoms with Crippen LogP contribution in [0.15, 0.2) is 65.6 Å². The molecule has 2 saturated carbocycles. The standard InChI is InChI=1S/C19H19BrO2S/c20-19(14-8-3-1-4-9-14)16-12-7-13-17(19)18(16)23(21,22)15-10-5-2-6-11-15/h1-6,8-11,16-18H,7,12-13H2/t16-,17+,18?,19?. The minimum absolute atomic E-state index is 0.147. The summed E-state index contributed by atoms with van der Waals surface area (Å²) in [6, 6.07) is 19.2. The molecule has 0 amide bonds. The van der Waals surface area contributed by atoms with Crippen LogP contribution in [0.3, 0.4) is 0 Å². The topological polar surface area (TPSA) is 34.1 Å². The molecular formula is C19H19BrO2S. The van der Waals surface area contributed by atoms with E-state index in [0.29, 0.717) is 4.90 Å². The predicted octanol–water partition coefficient (Wildman–Crippen LogP) is 4.55. The highest BCUT2D eigenvalue weighted by Gasteiger charge is 2.66. The predicted molar refractivity (Wildman–Crippen MR) is 95.3 cm³/mol. The van der Waals surface area contributed by atoms with Crippen molar-refractivity contribution in [1.29, 1.82) is 0 Å². The number of alkyl halides is 1. The molecule has 2 bridgehead atoms. The number of halogens is 1. The van der Waals surface area contributed by atoms with Gasteiger partial charge in [-0.15, -0.1) is 0 Å². The van der Waals surface area contributed by atoms with Crippen LogP contribution in [-0.4, -0.2) is 13.7 Å².